The molecule has 3 rings (SSSR count). The Balaban J connectivity index is 1.69. The van der Waals surface area contributed by atoms with Crippen LogP contribution in [0.25, 0.3) is 0 Å². The van der Waals surface area contributed by atoms with E-state index in [2.05, 4.69) is 34.6 Å². The van der Waals surface area contributed by atoms with Crippen LogP contribution in [-0.2, 0) is 5.41 Å². The first-order chi connectivity index (χ1) is 9.80. The summed E-state index contributed by atoms with van der Waals surface area (Å²) in [6.45, 7) is 0.687. The van der Waals surface area contributed by atoms with Gasteiger partial charge in [0.1, 0.15) is 5.69 Å². The number of benzene rings is 1. The molecule has 0 aliphatic heterocycles. The van der Waals surface area contributed by atoms with Crippen molar-refractivity contribution >= 4 is 5.91 Å². The fraction of sp³-hybridized carbons (Fsp3) is 0.294. The minimum Gasteiger partial charge on any atom is -0.350 e. The van der Waals surface area contributed by atoms with Crippen LogP contribution in [0.2, 0.25) is 0 Å². The van der Waals surface area contributed by atoms with Gasteiger partial charge in [-0.25, -0.2) is 0 Å². The topological polar surface area (TPSA) is 42.0 Å². The first-order valence-corrected chi connectivity index (χ1v) is 7.05. The van der Waals surface area contributed by atoms with E-state index in [-0.39, 0.29) is 11.3 Å². The summed E-state index contributed by atoms with van der Waals surface area (Å²) < 4.78 is 0. The predicted octanol–water partition coefficient (Wildman–Crippen LogP) is 2.93. The molecule has 1 aliphatic carbocycles. The van der Waals surface area contributed by atoms with E-state index >= 15 is 0 Å². The van der Waals surface area contributed by atoms with Gasteiger partial charge in [-0.3, -0.25) is 9.78 Å². The molecule has 1 fully saturated rings. The Labute approximate surface area is 119 Å². The smallest absolute Gasteiger partial charge is 0.269 e. The van der Waals surface area contributed by atoms with Crippen molar-refractivity contribution in [3.63, 3.8) is 0 Å². The number of hydrogen-bond donors (Lipinski definition) is 1. The third kappa shape index (κ3) is 2.44. The highest BCUT2D eigenvalue weighted by molar-refractivity contribution is 5.92. The highest BCUT2D eigenvalue weighted by atomic mass is 16.1. The maximum absolute atomic E-state index is 12.1. The van der Waals surface area contributed by atoms with Crippen LogP contribution in [0.15, 0.2) is 54.7 Å². The molecule has 0 unspecified atom stereocenters. The predicted molar refractivity (Wildman–Crippen MR) is 78.5 cm³/mol. The second-order valence-electron chi connectivity index (χ2n) is 5.40. The maximum atomic E-state index is 12.1. The zero-order valence-corrected chi connectivity index (χ0v) is 11.4. The van der Waals surface area contributed by atoms with Crippen molar-refractivity contribution in [2.24, 2.45) is 0 Å². The van der Waals surface area contributed by atoms with Gasteiger partial charge in [-0.05, 0) is 30.5 Å². The molecule has 0 saturated heterocycles. The molecule has 3 nitrogen and oxygen atoms in total. The second kappa shape index (κ2) is 5.45. The lowest BCUT2D eigenvalue weighted by Gasteiger charge is -2.42. The maximum Gasteiger partial charge on any atom is 0.269 e. The minimum absolute atomic E-state index is 0.0900. The Kier molecular flexibility index (Phi) is 3.50. The van der Waals surface area contributed by atoms with Gasteiger partial charge in [-0.1, -0.05) is 42.8 Å². The Bertz CT molecular complexity index is 576. The first-order valence-electron chi connectivity index (χ1n) is 7.05. The van der Waals surface area contributed by atoms with Crippen LogP contribution in [0.4, 0.5) is 0 Å². The molecule has 0 radical (unpaired) electrons. The normalized spacial score (nSPS) is 16.2. The number of carbonyl (C=O) groups is 1. The van der Waals surface area contributed by atoms with Crippen molar-refractivity contribution in [1.29, 1.82) is 0 Å². The number of hydrogen-bond acceptors (Lipinski definition) is 2. The molecular weight excluding hydrogens is 248 g/mol. The number of rotatable bonds is 4. The summed E-state index contributed by atoms with van der Waals surface area (Å²) in [5.41, 5.74) is 1.92. The molecular formula is C17H18N2O. The molecule has 3 heteroatoms. The summed E-state index contributed by atoms with van der Waals surface area (Å²) in [5.74, 6) is -0.0900. The highest BCUT2D eigenvalue weighted by Crippen LogP contribution is 2.43. The minimum atomic E-state index is -0.0900. The van der Waals surface area contributed by atoms with E-state index in [0.717, 1.165) is 12.8 Å². The van der Waals surface area contributed by atoms with Crippen molar-refractivity contribution < 1.29 is 4.79 Å². The Morgan fingerprint density at radius 1 is 1.10 bits per heavy atom. The number of nitrogens with zero attached hydrogens (tertiary/aromatic N) is 1. The lowest BCUT2D eigenvalue weighted by Crippen LogP contribution is -2.45. The van der Waals surface area contributed by atoms with Crippen LogP contribution in [0.1, 0.15) is 35.3 Å². The van der Waals surface area contributed by atoms with Gasteiger partial charge in [-0.15, -0.1) is 0 Å². The third-order valence-electron chi connectivity index (χ3n) is 4.18. The standard InChI is InChI=1S/C17H18N2O/c20-16(15-9-4-5-12-18-15)19-13-17(10-6-11-17)14-7-2-1-3-8-14/h1-5,7-9,12H,6,10-11,13H2,(H,19,20). The average molecular weight is 266 g/mol. The quantitative estimate of drug-likeness (QED) is 0.924. The Hall–Kier alpha value is -2.16. The molecule has 0 atom stereocenters. The largest absolute Gasteiger partial charge is 0.350 e. The molecule has 1 aromatic carbocycles. The van der Waals surface area contributed by atoms with Crippen LogP contribution in [-0.4, -0.2) is 17.4 Å². The van der Waals surface area contributed by atoms with Gasteiger partial charge in [0.25, 0.3) is 5.91 Å². The molecule has 0 bridgehead atoms. The van der Waals surface area contributed by atoms with Gasteiger partial charge in [0.05, 0.1) is 0 Å². The van der Waals surface area contributed by atoms with Crippen LogP contribution in [0.3, 0.4) is 0 Å². The molecule has 1 heterocycles. The number of carbonyl (C=O) groups excluding carboxylic acids is 1. The van der Waals surface area contributed by atoms with Gasteiger partial charge in [0, 0.05) is 18.2 Å². The zero-order chi connectivity index (χ0) is 13.8. The monoisotopic (exact) mass is 266 g/mol. The molecule has 2 aromatic rings. The number of aromatic nitrogens is 1. The number of amides is 1. The first kappa shape index (κ1) is 12.9. The zero-order valence-electron chi connectivity index (χ0n) is 11.4. The van der Waals surface area contributed by atoms with Gasteiger partial charge in [0.2, 0.25) is 0 Å². The lowest BCUT2D eigenvalue weighted by atomic mass is 9.64. The highest BCUT2D eigenvalue weighted by Gasteiger charge is 2.38. The van der Waals surface area contributed by atoms with Crippen molar-refractivity contribution in [3.8, 4) is 0 Å². The van der Waals surface area contributed by atoms with Gasteiger partial charge < -0.3 is 5.32 Å². The van der Waals surface area contributed by atoms with Crippen LogP contribution < -0.4 is 5.32 Å². The summed E-state index contributed by atoms with van der Waals surface area (Å²) in [6, 6.07) is 15.9. The van der Waals surface area contributed by atoms with Gasteiger partial charge in [0.15, 0.2) is 0 Å². The average Bonchev–Trinajstić information content (AvgIpc) is 2.48. The van der Waals surface area contributed by atoms with Crippen molar-refractivity contribution in [1.82, 2.24) is 10.3 Å². The van der Waals surface area contributed by atoms with Gasteiger partial charge in [-0.2, -0.15) is 0 Å². The van der Waals surface area contributed by atoms with Crippen molar-refractivity contribution in [2.45, 2.75) is 24.7 Å². The molecule has 1 N–H and O–H groups in total. The fourth-order valence-electron chi connectivity index (χ4n) is 2.80. The molecule has 1 aromatic heterocycles. The summed E-state index contributed by atoms with van der Waals surface area (Å²) in [4.78, 5) is 16.2. The summed E-state index contributed by atoms with van der Waals surface area (Å²) in [7, 11) is 0. The SMILES string of the molecule is O=C(NCC1(c2ccccc2)CCC1)c1ccccn1. The van der Waals surface area contributed by atoms with Gasteiger partial charge >= 0.3 is 0 Å². The molecule has 20 heavy (non-hydrogen) atoms. The summed E-state index contributed by atoms with van der Waals surface area (Å²) in [5, 5.41) is 3.04. The van der Waals surface area contributed by atoms with Crippen LogP contribution in [0.5, 0.6) is 0 Å². The number of nitrogens with one attached hydrogen (secondary N) is 1. The van der Waals surface area contributed by atoms with Crippen molar-refractivity contribution in [2.75, 3.05) is 6.54 Å². The molecule has 1 aliphatic rings. The molecule has 1 amide bonds. The van der Waals surface area contributed by atoms with Crippen LogP contribution >= 0.6 is 0 Å². The Morgan fingerprint density at radius 2 is 1.85 bits per heavy atom. The Morgan fingerprint density at radius 3 is 2.45 bits per heavy atom. The molecule has 102 valence electrons. The lowest BCUT2D eigenvalue weighted by molar-refractivity contribution is 0.0923. The second-order valence-corrected chi connectivity index (χ2v) is 5.40. The van der Waals surface area contributed by atoms with Crippen molar-refractivity contribution in [3.05, 3.63) is 66.0 Å². The van der Waals surface area contributed by atoms with E-state index in [1.165, 1.54) is 12.0 Å². The summed E-state index contributed by atoms with van der Waals surface area (Å²) in [6.07, 6.45) is 5.15. The van der Waals surface area contributed by atoms with E-state index in [1.807, 2.05) is 18.2 Å². The third-order valence-corrected chi connectivity index (χ3v) is 4.18. The van der Waals surface area contributed by atoms with Crippen LogP contribution in [0, 0.1) is 0 Å². The molecule has 1 saturated carbocycles. The van der Waals surface area contributed by atoms with E-state index in [0.29, 0.717) is 12.2 Å². The summed E-state index contributed by atoms with van der Waals surface area (Å²) >= 11 is 0. The fourth-order valence-corrected chi connectivity index (χ4v) is 2.80. The van der Waals surface area contributed by atoms with E-state index < -0.39 is 0 Å². The van der Waals surface area contributed by atoms with E-state index in [4.69, 9.17) is 0 Å². The van der Waals surface area contributed by atoms with E-state index in [1.54, 1.807) is 12.3 Å². The molecule has 0 spiro atoms. The van der Waals surface area contributed by atoms with E-state index in [9.17, 15) is 4.79 Å². The number of pyridine rings is 1.